The van der Waals surface area contributed by atoms with Gasteiger partial charge >= 0.3 is 0 Å². The molecule has 12 heavy (non-hydrogen) atoms. The van der Waals surface area contributed by atoms with Gasteiger partial charge in [0, 0.05) is 4.90 Å². The fourth-order valence-electron chi connectivity index (χ4n) is 0.550. The Balaban J connectivity index is 0.000000561. The first-order chi connectivity index (χ1) is 5.74. The Morgan fingerprint density at radius 2 is 1.75 bits per heavy atom. The molecule has 0 atom stereocenters. The molecule has 0 saturated heterocycles. The van der Waals surface area contributed by atoms with E-state index in [0.29, 0.717) is 4.90 Å². The van der Waals surface area contributed by atoms with Crippen LogP contribution in [0.2, 0.25) is 0 Å². The summed E-state index contributed by atoms with van der Waals surface area (Å²) in [5, 5.41) is 5.10. The second-order valence-electron chi connectivity index (χ2n) is 1.69. The Labute approximate surface area is 75.1 Å². The van der Waals surface area contributed by atoms with E-state index in [9.17, 15) is 8.78 Å². The molecular formula is C8H11F2NS. The summed E-state index contributed by atoms with van der Waals surface area (Å²) in [5.41, 5.74) is 0. The summed E-state index contributed by atoms with van der Waals surface area (Å²) in [6.45, 7) is 4.00. The number of hydrogen-bond acceptors (Lipinski definition) is 2. The number of hydrogen-bond donors (Lipinski definition) is 1. The zero-order valence-corrected chi connectivity index (χ0v) is 7.79. The molecule has 0 heterocycles. The maximum atomic E-state index is 12.3. The molecule has 68 valence electrons. The molecule has 4 heteroatoms. The predicted octanol–water partition coefficient (Wildman–Crippen LogP) is 2.96. The third-order valence-corrected chi connectivity index (χ3v) is 1.55. The van der Waals surface area contributed by atoms with Gasteiger partial charge in [-0.05, 0) is 30.1 Å². The number of rotatable bonds is 1. The zero-order chi connectivity index (χ0) is 9.56. The summed E-state index contributed by atoms with van der Waals surface area (Å²) in [4.78, 5) is 0.513. The molecule has 0 aliphatic heterocycles. The van der Waals surface area contributed by atoms with Crippen LogP contribution in [0.4, 0.5) is 8.78 Å². The van der Waals surface area contributed by atoms with Crippen LogP contribution in [-0.2, 0) is 0 Å². The monoisotopic (exact) mass is 191 g/mol. The van der Waals surface area contributed by atoms with Crippen LogP contribution in [0.3, 0.4) is 0 Å². The van der Waals surface area contributed by atoms with Crippen molar-refractivity contribution in [2.45, 2.75) is 18.7 Å². The van der Waals surface area contributed by atoms with E-state index in [1.807, 2.05) is 13.8 Å². The van der Waals surface area contributed by atoms with Crippen LogP contribution in [-0.4, -0.2) is 0 Å². The van der Waals surface area contributed by atoms with Crippen molar-refractivity contribution in [2.75, 3.05) is 0 Å². The average molecular weight is 191 g/mol. The predicted molar refractivity (Wildman–Crippen MR) is 47.8 cm³/mol. The van der Waals surface area contributed by atoms with E-state index < -0.39 is 11.6 Å². The van der Waals surface area contributed by atoms with Crippen molar-refractivity contribution in [2.24, 2.45) is 5.14 Å². The maximum absolute atomic E-state index is 12.3. The Kier molecular flexibility index (Phi) is 5.66. The molecule has 0 radical (unpaired) electrons. The van der Waals surface area contributed by atoms with Crippen molar-refractivity contribution in [1.29, 1.82) is 0 Å². The van der Waals surface area contributed by atoms with Crippen molar-refractivity contribution < 1.29 is 8.78 Å². The quantitative estimate of drug-likeness (QED) is 0.690. The number of nitrogens with two attached hydrogens (primary N) is 1. The summed E-state index contributed by atoms with van der Waals surface area (Å²) >= 11 is 0.885. The first kappa shape index (κ1) is 11.4. The summed E-state index contributed by atoms with van der Waals surface area (Å²) in [6.07, 6.45) is 0. The first-order valence-electron chi connectivity index (χ1n) is 3.56. The molecule has 0 saturated carbocycles. The lowest BCUT2D eigenvalue weighted by Gasteiger charge is -1.94. The Morgan fingerprint density at radius 1 is 1.17 bits per heavy atom. The molecule has 1 aromatic carbocycles. The van der Waals surface area contributed by atoms with E-state index in [1.165, 1.54) is 6.07 Å². The standard InChI is InChI=1S/C6H5F2NS.C2H6/c7-5-2-1-4(10-9)3-6(5)8;1-2/h1-3H,9H2;1-2H3. The third-order valence-electron chi connectivity index (χ3n) is 1.03. The Hall–Kier alpha value is -0.610. The second-order valence-corrected chi connectivity index (χ2v) is 2.40. The van der Waals surface area contributed by atoms with Gasteiger partial charge in [0.15, 0.2) is 11.6 Å². The highest BCUT2D eigenvalue weighted by Crippen LogP contribution is 2.14. The smallest absolute Gasteiger partial charge is 0.159 e. The molecule has 0 aromatic heterocycles. The van der Waals surface area contributed by atoms with Crippen molar-refractivity contribution in [3.05, 3.63) is 29.8 Å². The van der Waals surface area contributed by atoms with E-state index in [4.69, 9.17) is 5.14 Å². The summed E-state index contributed by atoms with van der Waals surface area (Å²) in [6, 6.07) is 3.52. The minimum absolute atomic E-state index is 0.513. The van der Waals surface area contributed by atoms with Gasteiger partial charge in [-0.25, -0.2) is 8.78 Å². The fraction of sp³-hybridized carbons (Fsp3) is 0.250. The fourth-order valence-corrected chi connectivity index (χ4v) is 0.868. The van der Waals surface area contributed by atoms with Gasteiger partial charge in [0.2, 0.25) is 0 Å². The van der Waals surface area contributed by atoms with Crippen molar-refractivity contribution in [3.8, 4) is 0 Å². The molecule has 1 nitrogen and oxygen atoms in total. The Bertz CT molecular complexity index is 240. The molecular weight excluding hydrogens is 180 g/mol. The largest absolute Gasteiger partial charge is 0.274 e. The average Bonchev–Trinajstić information content (AvgIpc) is 2.13. The van der Waals surface area contributed by atoms with Gasteiger partial charge in [0.25, 0.3) is 0 Å². The molecule has 1 aromatic rings. The van der Waals surface area contributed by atoms with Crippen LogP contribution in [0.25, 0.3) is 0 Å². The van der Waals surface area contributed by atoms with E-state index in [2.05, 4.69) is 0 Å². The first-order valence-corrected chi connectivity index (χ1v) is 4.44. The van der Waals surface area contributed by atoms with Crippen molar-refractivity contribution in [1.82, 2.24) is 0 Å². The van der Waals surface area contributed by atoms with E-state index in [-0.39, 0.29) is 0 Å². The normalized spacial score (nSPS) is 8.75. The van der Waals surface area contributed by atoms with Crippen molar-refractivity contribution >= 4 is 11.9 Å². The number of halogens is 2. The lowest BCUT2D eigenvalue weighted by Crippen LogP contribution is -1.85. The molecule has 0 aliphatic carbocycles. The van der Waals surface area contributed by atoms with Gasteiger partial charge < -0.3 is 0 Å². The molecule has 0 fully saturated rings. The number of benzene rings is 1. The summed E-state index contributed by atoms with van der Waals surface area (Å²) in [7, 11) is 0. The van der Waals surface area contributed by atoms with Crippen LogP contribution in [0.1, 0.15) is 13.8 Å². The van der Waals surface area contributed by atoms with Gasteiger partial charge in [0.05, 0.1) is 0 Å². The highest BCUT2D eigenvalue weighted by molar-refractivity contribution is 7.97. The second kappa shape index (κ2) is 5.97. The molecule has 0 unspecified atom stereocenters. The molecule has 2 N–H and O–H groups in total. The van der Waals surface area contributed by atoms with Gasteiger partial charge in [-0.1, -0.05) is 13.8 Å². The highest BCUT2D eigenvalue weighted by Gasteiger charge is 2.00. The van der Waals surface area contributed by atoms with Gasteiger partial charge in [-0.2, -0.15) is 0 Å². The van der Waals surface area contributed by atoms with Crippen LogP contribution < -0.4 is 5.14 Å². The van der Waals surface area contributed by atoms with Crippen molar-refractivity contribution in [3.63, 3.8) is 0 Å². The maximum Gasteiger partial charge on any atom is 0.159 e. The van der Waals surface area contributed by atoms with Gasteiger partial charge in [0.1, 0.15) is 0 Å². The lowest BCUT2D eigenvalue weighted by atomic mass is 10.3. The van der Waals surface area contributed by atoms with Crippen LogP contribution >= 0.6 is 11.9 Å². The zero-order valence-electron chi connectivity index (χ0n) is 6.97. The summed E-state index contributed by atoms with van der Waals surface area (Å²) < 4.78 is 24.5. The Morgan fingerprint density at radius 3 is 2.17 bits per heavy atom. The van der Waals surface area contributed by atoms with E-state index in [1.54, 1.807) is 0 Å². The molecule has 0 bridgehead atoms. The van der Waals surface area contributed by atoms with Crippen LogP contribution in [0, 0.1) is 11.6 Å². The van der Waals surface area contributed by atoms with Gasteiger partial charge in [-0.15, -0.1) is 0 Å². The van der Waals surface area contributed by atoms with Crippen LogP contribution in [0.15, 0.2) is 23.1 Å². The minimum atomic E-state index is -0.865. The molecule has 0 aliphatic rings. The van der Waals surface area contributed by atoms with Gasteiger partial charge in [-0.3, -0.25) is 5.14 Å². The van der Waals surface area contributed by atoms with E-state index in [0.717, 1.165) is 24.1 Å². The molecule has 0 spiro atoms. The topological polar surface area (TPSA) is 26.0 Å². The third kappa shape index (κ3) is 3.19. The highest BCUT2D eigenvalue weighted by atomic mass is 32.2. The molecule has 0 amide bonds. The minimum Gasteiger partial charge on any atom is -0.274 e. The lowest BCUT2D eigenvalue weighted by molar-refractivity contribution is 0.506. The van der Waals surface area contributed by atoms with Crippen LogP contribution in [0.5, 0.6) is 0 Å². The van der Waals surface area contributed by atoms with E-state index >= 15 is 0 Å². The summed E-state index contributed by atoms with van der Waals surface area (Å²) in [5.74, 6) is -1.71. The SMILES string of the molecule is CC.NSc1ccc(F)c(F)c1. The molecule has 1 rings (SSSR count).